The highest BCUT2D eigenvalue weighted by Gasteiger charge is 2.25. The molecule has 1 saturated carbocycles. The second-order valence-corrected chi connectivity index (χ2v) is 6.30. The van der Waals surface area contributed by atoms with Gasteiger partial charge in [-0.2, -0.15) is 0 Å². The molecule has 1 fully saturated rings. The molecule has 3 rings (SSSR count). The molecule has 5 nitrogen and oxygen atoms in total. The number of carbonyl (C=O) groups is 2. The van der Waals surface area contributed by atoms with Crippen molar-refractivity contribution >= 4 is 23.2 Å². The van der Waals surface area contributed by atoms with Gasteiger partial charge in [0.15, 0.2) is 0 Å². The van der Waals surface area contributed by atoms with E-state index in [0.717, 1.165) is 24.8 Å². The van der Waals surface area contributed by atoms with Crippen LogP contribution in [0.5, 0.6) is 5.75 Å². The average molecular weight is 338 g/mol. The fourth-order valence-electron chi connectivity index (χ4n) is 2.82. The highest BCUT2D eigenvalue weighted by atomic mass is 16.5. The van der Waals surface area contributed by atoms with Crippen molar-refractivity contribution in [3.8, 4) is 5.75 Å². The Morgan fingerprint density at radius 1 is 1.08 bits per heavy atom. The summed E-state index contributed by atoms with van der Waals surface area (Å²) in [6.07, 6.45) is 3.00. The van der Waals surface area contributed by atoms with Gasteiger partial charge in [0.25, 0.3) is 5.91 Å². The monoisotopic (exact) mass is 338 g/mol. The number of benzene rings is 2. The number of nitrogens with one attached hydrogen (secondary N) is 2. The van der Waals surface area contributed by atoms with Gasteiger partial charge in [-0.15, -0.1) is 0 Å². The van der Waals surface area contributed by atoms with E-state index in [9.17, 15) is 9.59 Å². The second-order valence-electron chi connectivity index (χ2n) is 6.30. The second kappa shape index (κ2) is 7.38. The summed E-state index contributed by atoms with van der Waals surface area (Å²) in [6, 6.07) is 12.6. The molecule has 0 spiro atoms. The van der Waals surface area contributed by atoms with Gasteiger partial charge in [-0.25, -0.2) is 0 Å². The van der Waals surface area contributed by atoms with E-state index in [-0.39, 0.29) is 17.7 Å². The van der Waals surface area contributed by atoms with E-state index in [0.29, 0.717) is 22.7 Å². The topological polar surface area (TPSA) is 67.4 Å². The van der Waals surface area contributed by atoms with Crippen molar-refractivity contribution in [3.05, 3.63) is 53.6 Å². The number of ether oxygens (including phenoxy) is 1. The Bertz CT molecular complexity index is 797. The lowest BCUT2D eigenvalue weighted by Crippen LogP contribution is -2.28. The van der Waals surface area contributed by atoms with Crippen LogP contribution in [-0.4, -0.2) is 18.9 Å². The lowest BCUT2D eigenvalue weighted by Gasteiger charge is -2.24. The Balaban J connectivity index is 1.79. The zero-order chi connectivity index (χ0) is 17.8. The van der Waals surface area contributed by atoms with Gasteiger partial charge < -0.3 is 15.4 Å². The smallest absolute Gasteiger partial charge is 0.256 e. The summed E-state index contributed by atoms with van der Waals surface area (Å²) in [4.78, 5) is 24.7. The molecule has 2 N–H and O–H groups in total. The Morgan fingerprint density at radius 3 is 2.48 bits per heavy atom. The van der Waals surface area contributed by atoms with Crippen molar-refractivity contribution in [1.82, 2.24) is 0 Å². The van der Waals surface area contributed by atoms with Crippen molar-refractivity contribution in [2.45, 2.75) is 26.2 Å². The number of anilines is 2. The highest BCUT2D eigenvalue weighted by Crippen LogP contribution is 2.31. The molecule has 1 aliphatic carbocycles. The number of hydrogen-bond acceptors (Lipinski definition) is 3. The third-order valence-electron chi connectivity index (χ3n) is 4.58. The lowest BCUT2D eigenvalue weighted by molar-refractivity contribution is -0.122. The molecular formula is C20H22N2O3. The SMILES string of the molecule is COc1ccc(NC(=O)C2CCC2)cc1NC(=O)c1ccccc1C. The summed E-state index contributed by atoms with van der Waals surface area (Å²) >= 11 is 0. The molecule has 2 amide bonds. The first-order valence-electron chi connectivity index (χ1n) is 8.44. The van der Waals surface area contributed by atoms with E-state index in [1.54, 1.807) is 31.4 Å². The minimum atomic E-state index is -0.209. The molecule has 0 aliphatic heterocycles. The molecule has 0 bridgehead atoms. The first-order chi connectivity index (χ1) is 12.1. The van der Waals surface area contributed by atoms with Crippen LogP contribution in [-0.2, 0) is 4.79 Å². The zero-order valence-electron chi connectivity index (χ0n) is 14.5. The molecule has 2 aromatic carbocycles. The van der Waals surface area contributed by atoms with E-state index in [2.05, 4.69) is 10.6 Å². The van der Waals surface area contributed by atoms with Crippen LogP contribution in [0.3, 0.4) is 0 Å². The first kappa shape index (κ1) is 17.0. The normalized spacial score (nSPS) is 13.7. The molecule has 0 atom stereocenters. The highest BCUT2D eigenvalue weighted by molar-refractivity contribution is 6.06. The molecule has 0 saturated heterocycles. The Labute approximate surface area is 147 Å². The maximum Gasteiger partial charge on any atom is 0.256 e. The van der Waals surface area contributed by atoms with E-state index in [1.165, 1.54) is 0 Å². The maximum absolute atomic E-state index is 12.5. The summed E-state index contributed by atoms with van der Waals surface area (Å²) in [6.45, 7) is 1.89. The van der Waals surface area contributed by atoms with Crippen molar-refractivity contribution in [3.63, 3.8) is 0 Å². The molecule has 130 valence electrons. The molecule has 25 heavy (non-hydrogen) atoms. The number of hydrogen-bond donors (Lipinski definition) is 2. The van der Waals surface area contributed by atoms with Crippen LogP contribution in [0.2, 0.25) is 0 Å². The van der Waals surface area contributed by atoms with Gasteiger partial charge in [0, 0.05) is 17.2 Å². The first-order valence-corrected chi connectivity index (χ1v) is 8.44. The number of amides is 2. The van der Waals surface area contributed by atoms with Gasteiger partial charge >= 0.3 is 0 Å². The Kier molecular flexibility index (Phi) is 5.03. The summed E-state index contributed by atoms with van der Waals surface area (Å²) in [5, 5.41) is 5.79. The van der Waals surface area contributed by atoms with Crippen molar-refractivity contribution < 1.29 is 14.3 Å². The largest absolute Gasteiger partial charge is 0.495 e. The number of aryl methyl sites for hydroxylation is 1. The molecule has 0 radical (unpaired) electrons. The number of rotatable bonds is 5. The van der Waals surface area contributed by atoms with Crippen LogP contribution in [0.1, 0.15) is 35.2 Å². The van der Waals surface area contributed by atoms with Gasteiger partial charge in [-0.3, -0.25) is 9.59 Å². The van der Waals surface area contributed by atoms with Crippen LogP contribution in [0, 0.1) is 12.8 Å². The number of carbonyl (C=O) groups excluding carboxylic acids is 2. The minimum Gasteiger partial charge on any atom is -0.495 e. The molecule has 2 aromatic rings. The summed E-state index contributed by atoms with van der Waals surface area (Å²) in [5.74, 6) is 0.474. The summed E-state index contributed by atoms with van der Waals surface area (Å²) < 4.78 is 5.32. The number of methoxy groups -OCH3 is 1. The molecule has 1 aliphatic rings. The van der Waals surface area contributed by atoms with E-state index < -0.39 is 0 Å². The predicted molar refractivity (Wildman–Crippen MR) is 98.1 cm³/mol. The fourth-order valence-corrected chi connectivity index (χ4v) is 2.82. The summed E-state index contributed by atoms with van der Waals surface area (Å²) in [5.41, 5.74) is 2.68. The van der Waals surface area contributed by atoms with Crippen molar-refractivity contribution in [2.75, 3.05) is 17.7 Å². The summed E-state index contributed by atoms with van der Waals surface area (Å²) in [7, 11) is 1.55. The minimum absolute atomic E-state index is 0.0348. The van der Waals surface area contributed by atoms with Gasteiger partial charge in [-0.05, 0) is 49.6 Å². The average Bonchev–Trinajstić information content (AvgIpc) is 2.53. The van der Waals surface area contributed by atoms with Crippen LogP contribution in [0.25, 0.3) is 0 Å². The maximum atomic E-state index is 12.5. The third-order valence-corrected chi connectivity index (χ3v) is 4.58. The Hall–Kier alpha value is -2.82. The predicted octanol–water partition coefficient (Wildman–Crippen LogP) is 3.99. The van der Waals surface area contributed by atoms with Crippen LogP contribution < -0.4 is 15.4 Å². The van der Waals surface area contributed by atoms with Gasteiger partial charge in [0.2, 0.25) is 5.91 Å². The van der Waals surface area contributed by atoms with Crippen LogP contribution >= 0.6 is 0 Å². The third kappa shape index (κ3) is 3.82. The van der Waals surface area contributed by atoms with Crippen molar-refractivity contribution in [2.24, 2.45) is 5.92 Å². The standard InChI is InChI=1S/C20H22N2O3/c1-13-6-3-4-9-16(13)20(24)22-17-12-15(10-11-18(17)25-2)21-19(23)14-7-5-8-14/h3-4,6,9-12,14H,5,7-8H2,1-2H3,(H,21,23)(H,22,24). The van der Waals surface area contributed by atoms with Gasteiger partial charge in [0.1, 0.15) is 5.75 Å². The molecular weight excluding hydrogens is 316 g/mol. The zero-order valence-corrected chi connectivity index (χ0v) is 14.5. The molecule has 0 aromatic heterocycles. The lowest BCUT2D eigenvalue weighted by atomic mass is 9.85. The quantitative estimate of drug-likeness (QED) is 0.866. The van der Waals surface area contributed by atoms with Crippen LogP contribution in [0.4, 0.5) is 11.4 Å². The van der Waals surface area contributed by atoms with E-state index >= 15 is 0 Å². The molecule has 0 unspecified atom stereocenters. The Morgan fingerprint density at radius 2 is 1.84 bits per heavy atom. The van der Waals surface area contributed by atoms with Crippen molar-refractivity contribution in [1.29, 1.82) is 0 Å². The van der Waals surface area contributed by atoms with Crippen LogP contribution in [0.15, 0.2) is 42.5 Å². The molecule has 0 heterocycles. The van der Waals surface area contributed by atoms with Gasteiger partial charge in [0.05, 0.1) is 12.8 Å². The van der Waals surface area contributed by atoms with Gasteiger partial charge in [-0.1, -0.05) is 24.6 Å². The van der Waals surface area contributed by atoms with E-state index in [1.807, 2.05) is 25.1 Å². The fraction of sp³-hybridized carbons (Fsp3) is 0.300. The molecule has 5 heteroatoms. The van der Waals surface area contributed by atoms with E-state index in [4.69, 9.17) is 4.74 Å².